The molecule has 14 heavy (non-hydrogen) atoms. The molecule has 1 aromatic carbocycles. The van der Waals surface area contributed by atoms with Gasteiger partial charge in [-0.3, -0.25) is 0 Å². The first-order valence-electron chi connectivity index (χ1n) is 4.56. The van der Waals surface area contributed by atoms with Crippen LogP contribution in [0.2, 0.25) is 5.32 Å². The Morgan fingerprint density at radius 2 is 2.21 bits per heavy atom. The van der Waals surface area contributed by atoms with Gasteiger partial charge in [-0.25, -0.2) is 0 Å². The van der Waals surface area contributed by atoms with Gasteiger partial charge in [0, 0.05) is 0 Å². The number of benzene rings is 1. The molecule has 1 aliphatic rings. The summed E-state index contributed by atoms with van der Waals surface area (Å²) in [5.41, 5.74) is 1.86. The Balaban J connectivity index is 2.31. The number of nitrogens with zero attached hydrogens (tertiary/aromatic N) is 1. The molecule has 0 aromatic heterocycles. The van der Waals surface area contributed by atoms with Gasteiger partial charge in [0.15, 0.2) is 0 Å². The van der Waals surface area contributed by atoms with Crippen molar-refractivity contribution in [2.75, 3.05) is 6.54 Å². The maximum absolute atomic E-state index is 12.0. The fourth-order valence-electron chi connectivity index (χ4n) is 1.42. The maximum atomic E-state index is 12.0. The van der Waals surface area contributed by atoms with E-state index in [1.54, 1.807) is 0 Å². The molecule has 2 nitrogen and oxygen atoms in total. The zero-order valence-electron chi connectivity index (χ0n) is 7.99. The van der Waals surface area contributed by atoms with E-state index in [1.807, 2.05) is 31.2 Å². The van der Waals surface area contributed by atoms with E-state index in [-0.39, 0.29) is 5.78 Å². The topological polar surface area (TPSA) is 29.4 Å². The van der Waals surface area contributed by atoms with Crippen LogP contribution in [0.3, 0.4) is 0 Å². The molecule has 0 fully saturated rings. The van der Waals surface area contributed by atoms with Gasteiger partial charge in [-0.1, -0.05) is 0 Å². The number of Topliss-reactive ketones (excluding diaryl/α,β-unsaturated/α-hetero) is 1. The molecule has 1 aliphatic heterocycles. The Morgan fingerprint density at radius 3 is 2.86 bits per heavy atom. The van der Waals surface area contributed by atoms with Gasteiger partial charge in [0.1, 0.15) is 0 Å². The first-order valence-corrected chi connectivity index (χ1v) is 6.63. The monoisotopic (exact) mass is 253 g/mol. The molecule has 0 aliphatic carbocycles. The molecule has 1 aromatic rings. The van der Waals surface area contributed by atoms with E-state index < -0.39 is 0 Å². The zero-order valence-corrected chi connectivity index (χ0v) is 9.70. The van der Waals surface area contributed by atoms with Crippen molar-refractivity contribution in [2.24, 2.45) is 4.99 Å². The Kier molecular flexibility index (Phi) is 2.80. The van der Waals surface area contributed by atoms with E-state index in [9.17, 15) is 4.79 Å². The van der Waals surface area contributed by atoms with Crippen molar-refractivity contribution in [3.05, 3.63) is 35.4 Å². The Hall–Kier alpha value is -0.921. The van der Waals surface area contributed by atoms with Crippen LogP contribution in [-0.2, 0) is 0 Å². The molecule has 0 radical (unpaired) electrons. The van der Waals surface area contributed by atoms with Gasteiger partial charge in [-0.15, -0.1) is 0 Å². The molecule has 0 spiro atoms. The summed E-state index contributed by atoms with van der Waals surface area (Å²) in [5.74, 6) is 0.139. The van der Waals surface area contributed by atoms with Gasteiger partial charge >= 0.3 is 89.3 Å². The van der Waals surface area contributed by atoms with E-state index in [0.29, 0.717) is 15.0 Å². The third-order valence-electron chi connectivity index (χ3n) is 2.17. The summed E-state index contributed by atoms with van der Waals surface area (Å²) in [7, 11) is 0. The van der Waals surface area contributed by atoms with Crippen molar-refractivity contribution < 1.29 is 4.79 Å². The first kappa shape index (κ1) is 9.63. The SMILES string of the molecule is Cc1ccccc1C(=O)C1=NCC[Se]1. The molecule has 0 bridgehead atoms. The molecule has 72 valence electrons. The average Bonchev–Trinajstić information content (AvgIpc) is 2.70. The summed E-state index contributed by atoms with van der Waals surface area (Å²) in [6, 6.07) is 7.71. The molecule has 2 rings (SSSR count). The summed E-state index contributed by atoms with van der Waals surface area (Å²) >= 11 is 0.305. The van der Waals surface area contributed by atoms with Gasteiger partial charge in [-0.05, 0) is 0 Å². The van der Waals surface area contributed by atoms with Gasteiger partial charge in [0.2, 0.25) is 0 Å². The van der Waals surface area contributed by atoms with Crippen LogP contribution in [0.4, 0.5) is 0 Å². The number of ketones is 1. The van der Waals surface area contributed by atoms with Crippen molar-refractivity contribution in [1.82, 2.24) is 0 Å². The van der Waals surface area contributed by atoms with Crippen LogP contribution in [0.25, 0.3) is 0 Å². The fourth-order valence-corrected chi connectivity index (χ4v) is 3.09. The second-order valence-corrected chi connectivity index (χ2v) is 5.45. The Morgan fingerprint density at radius 1 is 1.43 bits per heavy atom. The second kappa shape index (κ2) is 4.07. The Labute approximate surface area is 89.6 Å². The number of aliphatic imine (C=N–C) groups is 1. The third kappa shape index (κ3) is 1.79. The number of carbonyl (C=O) groups is 1. The zero-order chi connectivity index (χ0) is 9.97. The van der Waals surface area contributed by atoms with Crippen LogP contribution in [0.15, 0.2) is 29.3 Å². The molecule has 0 unspecified atom stereocenters. The quantitative estimate of drug-likeness (QED) is 0.582. The van der Waals surface area contributed by atoms with Gasteiger partial charge in [0.25, 0.3) is 0 Å². The van der Waals surface area contributed by atoms with Crippen molar-refractivity contribution >= 4 is 25.4 Å². The molecule has 0 saturated heterocycles. The molecule has 1 heterocycles. The predicted octanol–water partition coefficient (Wildman–Crippen LogP) is 1.71. The fraction of sp³-hybridized carbons (Fsp3) is 0.273. The second-order valence-electron chi connectivity index (χ2n) is 3.18. The number of carbonyl (C=O) groups excluding carboxylic acids is 1. The van der Waals surface area contributed by atoms with Crippen LogP contribution in [0, 0.1) is 6.92 Å². The van der Waals surface area contributed by atoms with E-state index in [2.05, 4.69) is 4.99 Å². The van der Waals surface area contributed by atoms with E-state index in [1.165, 1.54) is 0 Å². The summed E-state index contributed by atoms with van der Waals surface area (Å²) < 4.78 is 0.812. The molecule has 0 atom stereocenters. The van der Waals surface area contributed by atoms with Crippen LogP contribution < -0.4 is 0 Å². The molecule has 0 amide bonds. The van der Waals surface area contributed by atoms with Crippen molar-refractivity contribution in [3.8, 4) is 0 Å². The molecule has 0 saturated carbocycles. The van der Waals surface area contributed by atoms with E-state index >= 15 is 0 Å². The molecular weight excluding hydrogens is 241 g/mol. The first-order chi connectivity index (χ1) is 6.79. The number of hydrogen-bond donors (Lipinski definition) is 0. The average molecular weight is 252 g/mol. The summed E-state index contributed by atoms with van der Waals surface area (Å²) in [6.07, 6.45) is 0. The minimum atomic E-state index is 0.139. The van der Waals surface area contributed by atoms with Crippen LogP contribution >= 0.6 is 0 Å². The van der Waals surface area contributed by atoms with Gasteiger partial charge in [-0.2, -0.15) is 0 Å². The Bertz CT molecular complexity index is 398. The summed E-state index contributed by atoms with van der Waals surface area (Å²) in [5, 5.41) is 1.08. The number of rotatable bonds is 2. The van der Waals surface area contributed by atoms with Crippen LogP contribution in [0.1, 0.15) is 15.9 Å². The van der Waals surface area contributed by atoms with E-state index in [0.717, 1.165) is 27.6 Å². The van der Waals surface area contributed by atoms with Gasteiger partial charge < -0.3 is 0 Å². The third-order valence-corrected chi connectivity index (χ3v) is 4.21. The summed E-state index contributed by atoms with van der Waals surface area (Å²) in [4.78, 5) is 16.2. The number of aryl methyl sites for hydroxylation is 1. The van der Waals surface area contributed by atoms with Crippen molar-refractivity contribution in [1.29, 1.82) is 0 Å². The van der Waals surface area contributed by atoms with Crippen molar-refractivity contribution in [2.45, 2.75) is 12.2 Å². The predicted molar refractivity (Wildman–Crippen MR) is 58.4 cm³/mol. The van der Waals surface area contributed by atoms with E-state index in [4.69, 9.17) is 0 Å². The normalized spacial score (nSPS) is 15.4. The van der Waals surface area contributed by atoms with Gasteiger partial charge in [0.05, 0.1) is 0 Å². The van der Waals surface area contributed by atoms with Crippen LogP contribution in [0.5, 0.6) is 0 Å². The van der Waals surface area contributed by atoms with Crippen LogP contribution in [-0.4, -0.2) is 31.9 Å². The summed E-state index contributed by atoms with van der Waals surface area (Å²) in [6.45, 7) is 2.81. The molecular formula is C11H11NOSe. The molecule has 0 N–H and O–H groups in total. The molecule has 3 heteroatoms. The van der Waals surface area contributed by atoms with Crippen molar-refractivity contribution in [3.63, 3.8) is 0 Å². The number of hydrogen-bond acceptors (Lipinski definition) is 2. The standard InChI is InChI=1S/C11H11NOSe/c1-8-4-2-3-5-9(8)10(13)11-12-6-7-14-11/h2-5H,6-7H2,1H3. The minimum absolute atomic E-state index is 0.139.